The van der Waals surface area contributed by atoms with Gasteiger partial charge in [-0.15, -0.1) is 0 Å². The molecule has 0 saturated heterocycles. The minimum Gasteiger partial charge on any atom is -0.480 e. The summed E-state index contributed by atoms with van der Waals surface area (Å²) >= 11 is 0. The summed E-state index contributed by atoms with van der Waals surface area (Å²) in [4.78, 5) is 23.4. The van der Waals surface area contributed by atoms with Crippen molar-refractivity contribution in [1.82, 2.24) is 5.32 Å². The van der Waals surface area contributed by atoms with Gasteiger partial charge < -0.3 is 10.4 Å². The number of aliphatic carboxylic acids is 1. The predicted octanol–water partition coefficient (Wildman–Crippen LogP) is 2.62. The van der Waals surface area contributed by atoms with Crippen LogP contribution in [0.2, 0.25) is 0 Å². The summed E-state index contributed by atoms with van der Waals surface area (Å²) in [6.45, 7) is 5.56. The molecule has 0 aromatic heterocycles. The highest BCUT2D eigenvalue weighted by Crippen LogP contribution is 2.17. The number of benzene rings is 1. The molecule has 4 nitrogen and oxygen atoms in total. The van der Waals surface area contributed by atoms with Gasteiger partial charge in [-0.3, -0.25) is 4.79 Å². The Labute approximate surface area is 113 Å². The molecule has 1 amide bonds. The number of carboxylic acid groups (broad SMARTS) is 1. The molecule has 2 N–H and O–H groups in total. The summed E-state index contributed by atoms with van der Waals surface area (Å²) in [6.07, 6.45) is 1.63. The van der Waals surface area contributed by atoms with Crippen LogP contribution in [0.4, 0.5) is 0 Å². The minimum absolute atomic E-state index is 0.339. The zero-order valence-corrected chi connectivity index (χ0v) is 11.7. The molecule has 0 heterocycles. The lowest BCUT2D eigenvalue weighted by Crippen LogP contribution is -2.53. The van der Waals surface area contributed by atoms with Gasteiger partial charge in [0.15, 0.2) is 0 Å². The van der Waals surface area contributed by atoms with E-state index in [1.54, 1.807) is 26.0 Å². The summed E-state index contributed by atoms with van der Waals surface area (Å²) in [5.41, 5.74) is 0.456. The van der Waals surface area contributed by atoms with E-state index in [1.807, 2.05) is 19.1 Å². The van der Waals surface area contributed by atoms with E-state index in [1.165, 1.54) is 0 Å². The Kier molecular flexibility index (Phi) is 5.10. The molecule has 0 unspecified atom stereocenters. The van der Waals surface area contributed by atoms with Crippen molar-refractivity contribution >= 4 is 11.9 Å². The molecule has 0 aliphatic rings. The highest BCUT2D eigenvalue weighted by molar-refractivity contribution is 5.97. The van der Waals surface area contributed by atoms with Gasteiger partial charge in [-0.1, -0.05) is 32.9 Å². The Morgan fingerprint density at radius 2 is 1.63 bits per heavy atom. The molecular weight excluding hydrogens is 242 g/mol. The smallest absolute Gasteiger partial charge is 0.329 e. The van der Waals surface area contributed by atoms with Gasteiger partial charge in [-0.2, -0.15) is 0 Å². The van der Waals surface area contributed by atoms with Crippen LogP contribution in [0.1, 0.15) is 49.5 Å². The second-order valence-electron chi connectivity index (χ2n) is 4.60. The first-order valence-electron chi connectivity index (χ1n) is 6.64. The van der Waals surface area contributed by atoms with E-state index in [2.05, 4.69) is 5.32 Å². The van der Waals surface area contributed by atoms with Gasteiger partial charge in [0, 0.05) is 5.56 Å². The largest absolute Gasteiger partial charge is 0.480 e. The first kappa shape index (κ1) is 15.2. The molecule has 0 spiro atoms. The zero-order valence-electron chi connectivity index (χ0n) is 11.7. The monoisotopic (exact) mass is 263 g/mol. The van der Waals surface area contributed by atoms with Crippen molar-refractivity contribution in [3.8, 4) is 0 Å². The fourth-order valence-corrected chi connectivity index (χ4v) is 1.96. The Morgan fingerprint density at radius 1 is 1.11 bits per heavy atom. The van der Waals surface area contributed by atoms with Crippen LogP contribution >= 0.6 is 0 Å². The van der Waals surface area contributed by atoms with Crippen LogP contribution in [0.15, 0.2) is 24.3 Å². The minimum atomic E-state index is -1.18. The molecule has 104 valence electrons. The quantitative estimate of drug-likeness (QED) is 0.829. The summed E-state index contributed by atoms with van der Waals surface area (Å²) in [7, 11) is 0. The molecule has 4 heteroatoms. The van der Waals surface area contributed by atoms with Crippen molar-refractivity contribution in [3.05, 3.63) is 35.4 Å². The molecule has 0 aliphatic carbocycles. The standard InChI is InChI=1S/C15H21NO3/c1-4-11-7-9-12(10-8-11)13(17)16-15(5-2,6-3)14(18)19/h7-10H,4-6H2,1-3H3,(H,16,17)(H,18,19). The van der Waals surface area contributed by atoms with Crippen molar-refractivity contribution in [3.63, 3.8) is 0 Å². The van der Waals surface area contributed by atoms with Crippen LogP contribution in [0.5, 0.6) is 0 Å². The topological polar surface area (TPSA) is 66.4 Å². The van der Waals surface area contributed by atoms with Gasteiger partial charge in [-0.25, -0.2) is 4.79 Å². The second-order valence-corrected chi connectivity index (χ2v) is 4.60. The van der Waals surface area contributed by atoms with E-state index in [0.29, 0.717) is 18.4 Å². The average molecular weight is 263 g/mol. The maximum atomic E-state index is 12.1. The van der Waals surface area contributed by atoms with Crippen LogP contribution in [0.3, 0.4) is 0 Å². The van der Waals surface area contributed by atoms with Gasteiger partial charge in [0.1, 0.15) is 5.54 Å². The molecule has 0 fully saturated rings. The number of rotatable bonds is 6. The second kappa shape index (κ2) is 6.36. The van der Waals surface area contributed by atoms with Crippen molar-refractivity contribution in [2.75, 3.05) is 0 Å². The van der Waals surface area contributed by atoms with E-state index >= 15 is 0 Å². The Hall–Kier alpha value is -1.84. The number of amides is 1. The highest BCUT2D eigenvalue weighted by Gasteiger charge is 2.36. The van der Waals surface area contributed by atoms with Gasteiger partial charge >= 0.3 is 5.97 Å². The Bertz CT molecular complexity index is 447. The third-order valence-corrected chi connectivity index (χ3v) is 3.59. The van der Waals surface area contributed by atoms with Crippen LogP contribution in [-0.4, -0.2) is 22.5 Å². The first-order chi connectivity index (χ1) is 8.99. The molecule has 1 aromatic carbocycles. The maximum absolute atomic E-state index is 12.1. The van der Waals surface area contributed by atoms with E-state index in [9.17, 15) is 14.7 Å². The first-order valence-corrected chi connectivity index (χ1v) is 6.64. The molecule has 1 aromatic rings. The SMILES string of the molecule is CCc1ccc(C(=O)NC(CC)(CC)C(=O)O)cc1. The lowest BCUT2D eigenvalue weighted by Gasteiger charge is -2.28. The maximum Gasteiger partial charge on any atom is 0.329 e. The molecule has 0 saturated carbocycles. The third-order valence-electron chi connectivity index (χ3n) is 3.59. The van der Waals surface area contributed by atoms with Gasteiger partial charge in [0.2, 0.25) is 0 Å². The summed E-state index contributed by atoms with van der Waals surface area (Å²) in [5.74, 6) is -1.33. The van der Waals surface area contributed by atoms with Gasteiger partial charge in [0.05, 0.1) is 0 Å². The van der Waals surface area contributed by atoms with Crippen LogP contribution < -0.4 is 5.32 Å². The molecule has 0 radical (unpaired) electrons. The molecule has 1 rings (SSSR count). The zero-order chi connectivity index (χ0) is 14.5. The highest BCUT2D eigenvalue weighted by atomic mass is 16.4. The number of carboxylic acids is 1. The number of aryl methyl sites for hydroxylation is 1. The third kappa shape index (κ3) is 3.34. The summed E-state index contributed by atoms with van der Waals surface area (Å²) in [6, 6.07) is 7.22. The van der Waals surface area contributed by atoms with Crippen LogP contribution in [0, 0.1) is 0 Å². The predicted molar refractivity (Wildman–Crippen MR) is 74.2 cm³/mol. The lowest BCUT2D eigenvalue weighted by molar-refractivity contribution is -0.144. The van der Waals surface area contributed by atoms with Crippen molar-refractivity contribution in [2.24, 2.45) is 0 Å². The van der Waals surface area contributed by atoms with Crippen LogP contribution in [-0.2, 0) is 11.2 Å². The van der Waals surface area contributed by atoms with E-state index in [4.69, 9.17) is 0 Å². The van der Waals surface area contributed by atoms with Crippen molar-refractivity contribution < 1.29 is 14.7 Å². The fourth-order valence-electron chi connectivity index (χ4n) is 1.96. The number of hydrogen-bond acceptors (Lipinski definition) is 2. The number of nitrogens with one attached hydrogen (secondary N) is 1. The summed E-state index contributed by atoms with van der Waals surface area (Å²) < 4.78 is 0. The Morgan fingerprint density at radius 3 is 2.00 bits per heavy atom. The fraction of sp³-hybridized carbons (Fsp3) is 0.467. The van der Waals surface area contributed by atoms with E-state index in [0.717, 1.165) is 12.0 Å². The molecule has 0 aliphatic heterocycles. The molecule has 0 atom stereocenters. The summed E-state index contributed by atoms with van der Waals surface area (Å²) in [5, 5.41) is 11.9. The Balaban J connectivity index is 2.90. The van der Waals surface area contributed by atoms with Gasteiger partial charge in [0.25, 0.3) is 5.91 Å². The number of carbonyl (C=O) groups is 2. The normalized spacial score (nSPS) is 11.1. The average Bonchev–Trinajstić information content (AvgIpc) is 2.44. The lowest BCUT2D eigenvalue weighted by atomic mass is 9.92. The van der Waals surface area contributed by atoms with Crippen LogP contribution in [0.25, 0.3) is 0 Å². The van der Waals surface area contributed by atoms with E-state index in [-0.39, 0.29) is 5.91 Å². The molecular formula is C15H21NO3. The molecule has 0 bridgehead atoms. The van der Waals surface area contributed by atoms with Gasteiger partial charge in [-0.05, 0) is 37.0 Å². The van der Waals surface area contributed by atoms with E-state index < -0.39 is 11.5 Å². The van der Waals surface area contributed by atoms with Crippen molar-refractivity contribution in [2.45, 2.75) is 45.6 Å². The molecule has 19 heavy (non-hydrogen) atoms. The number of hydrogen-bond donors (Lipinski definition) is 2. The van der Waals surface area contributed by atoms with Crippen molar-refractivity contribution in [1.29, 1.82) is 0 Å². The number of carbonyl (C=O) groups excluding carboxylic acids is 1.